The van der Waals surface area contributed by atoms with Crippen molar-refractivity contribution >= 4 is 22.5 Å². The Labute approximate surface area is 257 Å². The average molecular weight is 567 g/mol. The van der Waals surface area contributed by atoms with Crippen LogP contribution in [-0.4, -0.2) is 15.0 Å². The highest BCUT2D eigenvalue weighted by Crippen LogP contribution is 2.39. The van der Waals surface area contributed by atoms with Crippen LogP contribution in [0.2, 0.25) is 0 Å². The highest BCUT2D eigenvalue weighted by atomic mass is 15.0. The standard InChI is InChI=1S/C40H30N4/c1-2-12-36-34(19-11-20-37(36)41)35-26-25-31(32-17-9-10-18-33(32)35)27-21-23-30(24-22-27)40-43-38(28-13-5-3-6-14-28)42-39(44-40)29-15-7-4-8-16-29/h2-26H,41H2,1H3/b12-2-. The lowest BCUT2D eigenvalue weighted by Gasteiger charge is -2.15. The van der Waals surface area contributed by atoms with Crippen molar-refractivity contribution in [3.05, 3.63) is 151 Å². The Morgan fingerprint density at radius 3 is 1.48 bits per heavy atom. The van der Waals surface area contributed by atoms with Gasteiger partial charge in [-0.05, 0) is 46.0 Å². The molecule has 7 aromatic rings. The van der Waals surface area contributed by atoms with Crippen molar-refractivity contribution in [2.75, 3.05) is 5.73 Å². The van der Waals surface area contributed by atoms with Gasteiger partial charge in [-0.1, -0.05) is 146 Å². The maximum Gasteiger partial charge on any atom is 0.164 e. The van der Waals surface area contributed by atoms with Crippen LogP contribution in [0.5, 0.6) is 0 Å². The molecule has 0 radical (unpaired) electrons. The molecular weight excluding hydrogens is 536 g/mol. The molecule has 4 heteroatoms. The van der Waals surface area contributed by atoms with E-state index in [-0.39, 0.29) is 0 Å². The number of hydrogen-bond acceptors (Lipinski definition) is 4. The molecule has 6 aromatic carbocycles. The van der Waals surface area contributed by atoms with Gasteiger partial charge in [-0.15, -0.1) is 0 Å². The van der Waals surface area contributed by atoms with Gasteiger partial charge in [0.05, 0.1) is 0 Å². The van der Waals surface area contributed by atoms with Gasteiger partial charge < -0.3 is 5.73 Å². The largest absolute Gasteiger partial charge is 0.398 e. The molecule has 0 atom stereocenters. The number of hydrogen-bond donors (Lipinski definition) is 1. The first-order valence-electron chi connectivity index (χ1n) is 14.7. The Balaban J connectivity index is 1.31. The number of nitrogens with two attached hydrogens (primary N) is 1. The second kappa shape index (κ2) is 11.8. The van der Waals surface area contributed by atoms with Gasteiger partial charge in [0.1, 0.15) is 0 Å². The van der Waals surface area contributed by atoms with Gasteiger partial charge in [-0.2, -0.15) is 0 Å². The summed E-state index contributed by atoms with van der Waals surface area (Å²) in [5.74, 6) is 1.94. The summed E-state index contributed by atoms with van der Waals surface area (Å²) < 4.78 is 0. The molecule has 210 valence electrons. The number of nitrogen functional groups attached to an aromatic ring is 1. The summed E-state index contributed by atoms with van der Waals surface area (Å²) in [4.78, 5) is 14.6. The third-order valence-electron chi connectivity index (χ3n) is 7.84. The number of nitrogens with zero attached hydrogens (tertiary/aromatic N) is 3. The van der Waals surface area contributed by atoms with Crippen molar-refractivity contribution < 1.29 is 0 Å². The van der Waals surface area contributed by atoms with Crippen LogP contribution in [0.4, 0.5) is 5.69 Å². The van der Waals surface area contributed by atoms with Crippen LogP contribution >= 0.6 is 0 Å². The minimum Gasteiger partial charge on any atom is -0.398 e. The van der Waals surface area contributed by atoms with E-state index < -0.39 is 0 Å². The van der Waals surface area contributed by atoms with Gasteiger partial charge in [0.25, 0.3) is 0 Å². The van der Waals surface area contributed by atoms with Crippen LogP contribution in [0.3, 0.4) is 0 Å². The number of anilines is 1. The van der Waals surface area contributed by atoms with E-state index in [1.807, 2.05) is 85.8 Å². The molecule has 0 unspecified atom stereocenters. The Morgan fingerprint density at radius 2 is 0.909 bits per heavy atom. The lowest BCUT2D eigenvalue weighted by Crippen LogP contribution is -2.00. The lowest BCUT2D eigenvalue weighted by atomic mass is 9.89. The van der Waals surface area contributed by atoms with E-state index in [2.05, 4.69) is 72.8 Å². The summed E-state index contributed by atoms with van der Waals surface area (Å²) in [6.45, 7) is 2.02. The van der Waals surface area contributed by atoms with Crippen LogP contribution in [0.25, 0.3) is 73.3 Å². The van der Waals surface area contributed by atoms with Crippen molar-refractivity contribution in [3.8, 4) is 56.4 Å². The monoisotopic (exact) mass is 566 g/mol. The molecule has 0 spiro atoms. The molecule has 7 rings (SSSR count). The predicted octanol–water partition coefficient (Wildman–Crippen LogP) is 9.98. The van der Waals surface area contributed by atoms with Crippen molar-refractivity contribution in [1.82, 2.24) is 15.0 Å². The molecule has 0 aliphatic carbocycles. The second-order valence-corrected chi connectivity index (χ2v) is 10.6. The molecule has 0 bridgehead atoms. The van der Waals surface area contributed by atoms with Gasteiger partial charge in [-0.3, -0.25) is 0 Å². The molecule has 1 heterocycles. The summed E-state index contributed by atoms with van der Waals surface area (Å²) in [5, 5.41) is 2.37. The highest BCUT2D eigenvalue weighted by molar-refractivity contribution is 6.06. The fraction of sp³-hybridized carbons (Fsp3) is 0.0250. The number of fused-ring (bicyclic) bond motifs is 1. The highest BCUT2D eigenvalue weighted by Gasteiger charge is 2.15. The Bertz CT molecular complexity index is 2060. The average Bonchev–Trinajstić information content (AvgIpc) is 3.09. The zero-order valence-corrected chi connectivity index (χ0v) is 24.4. The van der Waals surface area contributed by atoms with Crippen LogP contribution in [0, 0.1) is 0 Å². The zero-order valence-electron chi connectivity index (χ0n) is 24.4. The van der Waals surface area contributed by atoms with Crippen LogP contribution in [-0.2, 0) is 0 Å². The number of rotatable bonds is 6. The van der Waals surface area contributed by atoms with E-state index >= 15 is 0 Å². The number of allylic oxidation sites excluding steroid dienone is 1. The van der Waals surface area contributed by atoms with E-state index in [1.165, 1.54) is 10.8 Å². The lowest BCUT2D eigenvalue weighted by molar-refractivity contribution is 1.07. The van der Waals surface area contributed by atoms with Gasteiger partial charge in [0.2, 0.25) is 0 Å². The van der Waals surface area contributed by atoms with Crippen molar-refractivity contribution in [2.24, 2.45) is 0 Å². The van der Waals surface area contributed by atoms with E-state index in [0.717, 1.165) is 50.2 Å². The third-order valence-corrected chi connectivity index (χ3v) is 7.84. The summed E-state index contributed by atoms with van der Waals surface area (Å²) in [7, 11) is 0. The molecule has 2 N–H and O–H groups in total. The SMILES string of the molecule is C/C=C\c1c(N)cccc1-c1ccc(-c2ccc(-c3nc(-c4ccccc4)nc(-c4ccccc4)n3)cc2)c2ccccc12. The van der Waals surface area contributed by atoms with Crippen LogP contribution in [0.15, 0.2) is 146 Å². The van der Waals surface area contributed by atoms with E-state index in [0.29, 0.717) is 17.5 Å². The molecule has 0 aliphatic heterocycles. The molecule has 0 saturated carbocycles. The zero-order chi connectivity index (χ0) is 29.9. The first-order valence-corrected chi connectivity index (χ1v) is 14.7. The molecular formula is C40H30N4. The second-order valence-electron chi connectivity index (χ2n) is 10.6. The summed E-state index contributed by atoms with van der Waals surface area (Å²) in [6.07, 6.45) is 4.12. The Hall–Kier alpha value is -5.87. The molecule has 0 aliphatic rings. The van der Waals surface area contributed by atoms with Crippen LogP contribution < -0.4 is 5.73 Å². The quantitative estimate of drug-likeness (QED) is 0.203. The van der Waals surface area contributed by atoms with Crippen molar-refractivity contribution in [1.29, 1.82) is 0 Å². The maximum atomic E-state index is 6.39. The van der Waals surface area contributed by atoms with Gasteiger partial charge in [0.15, 0.2) is 17.5 Å². The normalized spacial score (nSPS) is 11.3. The van der Waals surface area contributed by atoms with Gasteiger partial charge in [-0.25, -0.2) is 15.0 Å². The minimum atomic E-state index is 0.641. The van der Waals surface area contributed by atoms with E-state index in [9.17, 15) is 0 Å². The molecule has 44 heavy (non-hydrogen) atoms. The fourth-order valence-electron chi connectivity index (χ4n) is 5.69. The molecule has 4 nitrogen and oxygen atoms in total. The van der Waals surface area contributed by atoms with Gasteiger partial charge in [0, 0.05) is 27.9 Å². The molecule has 1 aromatic heterocycles. The van der Waals surface area contributed by atoms with Crippen LogP contribution in [0.1, 0.15) is 12.5 Å². The van der Waals surface area contributed by atoms with Gasteiger partial charge >= 0.3 is 0 Å². The first-order chi connectivity index (χ1) is 21.7. The molecule has 0 saturated heterocycles. The van der Waals surface area contributed by atoms with Crippen molar-refractivity contribution in [3.63, 3.8) is 0 Å². The fourth-order valence-corrected chi connectivity index (χ4v) is 5.69. The summed E-state index contributed by atoms with van der Waals surface area (Å²) in [6, 6.07) is 47.7. The summed E-state index contributed by atoms with van der Waals surface area (Å²) in [5.41, 5.74) is 15.6. The number of benzene rings is 6. The van der Waals surface area contributed by atoms with Crippen molar-refractivity contribution in [2.45, 2.75) is 6.92 Å². The smallest absolute Gasteiger partial charge is 0.164 e. The molecule has 0 fully saturated rings. The third kappa shape index (κ3) is 5.14. The first kappa shape index (κ1) is 27.0. The van der Waals surface area contributed by atoms with E-state index in [1.54, 1.807) is 0 Å². The maximum absolute atomic E-state index is 6.39. The number of aromatic nitrogens is 3. The Kier molecular flexibility index (Phi) is 7.23. The van der Waals surface area contributed by atoms with E-state index in [4.69, 9.17) is 20.7 Å². The predicted molar refractivity (Wildman–Crippen MR) is 184 cm³/mol. The topological polar surface area (TPSA) is 64.7 Å². The summed E-state index contributed by atoms with van der Waals surface area (Å²) >= 11 is 0. The Morgan fingerprint density at radius 1 is 0.432 bits per heavy atom. The minimum absolute atomic E-state index is 0.641. The molecule has 0 amide bonds.